The number of alkyl halides is 3. The Hall–Kier alpha value is -3.85. The Bertz CT molecular complexity index is 1090. The first-order valence-corrected chi connectivity index (χ1v) is 10.7. The third-order valence-electron chi connectivity index (χ3n) is 4.66. The number of hydrogen-bond donors (Lipinski definition) is 2. The van der Waals surface area contributed by atoms with Gasteiger partial charge in [-0.2, -0.15) is 13.2 Å². The number of rotatable bonds is 8. The van der Waals surface area contributed by atoms with E-state index in [-0.39, 0.29) is 17.4 Å². The molecule has 186 valence electrons. The average Bonchev–Trinajstić information content (AvgIpc) is 2.82. The Morgan fingerprint density at radius 1 is 0.943 bits per heavy atom. The minimum Gasteiger partial charge on any atom is -0.486 e. The van der Waals surface area contributed by atoms with Crippen molar-refractivity contribution in [2.24, 2.45) is 0 Å². The van der Waals surface area contributed by atoms with E-state index in [0.29, 0.717) is 5.75 Å². The van der Waals surface area contributed by atoms with E-state index in [4.69, 9.17) is 9.84 Å². The van der Waals surface area contributed by atoms with Crippen LogP contribution in [-0.2, 0) is 11.0 Å². The summed E-state index contributed by atoms with van der Waals surface area (Å²) < 4.78 is 48.2. The highest BCUT2D eigenvalue weighted by Gasteiger charge is 2.30. The van der Waals surface area contributed by atoms with E-state index in [9.17, 15) is 22.8 Å². The summed E-state index contributed by atoms with van der Waals surface area (Å²) in [4.78, 5) is 21.2. The van der Waals surface area contributed by atoms with Crippen LogP contribution in [0.1, 0.15) is 40.9 Å². The number of carboxylic acid groups (broad SMARTS) is 1. The molecule has 1 unspecified atom stereocenters. The van der Waals surface area contributed by atoms with Gasteiger partial charge in [-0.25, -0.2) is 4.79 Å². The van der Waals surface area contributed by atoms with E-state index in [2.05, 4.69) is 10.1 Å². The molecule has 3 rings (SSSR count). The van der Waals surface area contributed by atoms with Crippen molar-refractivity contribution in [1.29, 1.82) is 0 Å². The predicted octanol–water partition coefficient (Wildman–Crippen LogP) is 5.75. The smallest absolute Gasteiger partial charge is 0.416 e. The topological polar surface area (TPSA) is 84.9 Å². The molecule has 0 aromatic heterocycles. The monoisotopic (exact) mass is 489 g/mol. The van der Waals surface area contributed by atoms with Crippen LogP contribution < -0.4 is 14.8 Å². The minimum atomic E-state index is -4.33. The van der Waals surface area contributed by atoms with Gasteiger partial charge < -0.3 is 19.9 Å². The SMILES string of the molecule is CC(=O)Oc1ccccc1C(=O)O.CNCCC(Oc1ccc(C(F)(F)F)cc1)c1ccccc1. The van der Waals surface area contributed by atoms with Gasteiger partial charge in [-0.1, -0.05) is 42.5 Å². The van der Waals surface area contributed by atoms with E-state index in [0.717, 1.165) is 30.7 Å². The highest BCUT2D eigenvalue weighted by molar-refractivity contribution is 5.91. The van der Waals surface area contributed by atoms with Gasteiger partial charge in [0.15, 0.2) is 0 Å². The normalized spacial score (nSPS) is 11.6. The van der Waals surface area contributed by atoms with Gasteiger partial charge in [-0.3, -0.25) is 4.79 Å². The van der Waals surface area contributed by atoms with Crippen molar-refractivity contribution in [3.8, 4) is 11.5 Å². The maximum absolute atomic E-state index is 12.6. The summed E-state index contributed by atoms with van der Waals surface area (Å²) in [5, 5.41) is 11.7. The van der Waals surface area contributed by atoms with Crippen molar-refractivity contribution >= 4 is 11.9 Å². The number of ether oxygens (including phenoxy) is 2. The molecule has 0 heterocycles. The maximum atomic E-state index is 12.6. The Morgan fingerprint density at radius 3 is 2.09 bits per heavy atom. The fraction of sp³-hybridized carbons (Fsp3) is 0.231. The van der Waals surface area contributed by atoms with Crippen LogP contribution >= 0.6 is 0 Å². The number of aromatic carboxylic acids is 1. The number of esters is 1. The van der Waals surface area contributed by atoms with E-state index in [1.807, 2.05) is 37.4 Å². The Morgan fingerprint density at radius 2 is 1.54 bits per heavy atom. The number of carbonyl (C=O) groups is 2. The van der Waals surface area contributed by atoms with Crippen molar-refractivity contribution in [3.63, 3.8) is 0 Å². The van der Waals surface area contributed by atoms with E-state index in [1.165, 1.54) is 31.2 Å². The minimum absolute atomic E-state index is 0.0160. The third kappa shape index (κ3) is 9.13. The van der Waals surface area contributed by atoms with Crippen molar-refractivity contribution in [2.75, 3.05) is 13.6 Å². The van der Waals surface area contributed by atoms with Gasteiger partial charge in [0.2, 0.25) is 0 Å². The van der Waals surface area contributed by atoms with Gasteiger partial charge in [0.25, 0.3) is 0 Å². The van der Waals surface area contributed by atoms with Crippen LogP contribution in [0.4, 0.5) is 13.2 Å². The fourth-order valence-electron chi connectivity index (χ4n) is 3.01. The number of benzene rings is 3. The van der Waals surface area contributed by atoms with Crippen molar-refractivity contribution in [2.45, 2.75) is 25.6 Å². The van der Waals surface area contributed by atoms with Crippen molar-refractivity contribution < 1.29 is 37.3 Å². The molecule has 9 heteroatoms. The van der Waals surface area contributed by atoms with E-state index in [1.54, 1.807) is 12.1 Å². The number of halogens is 3. The Kier molecular flexibility index (Phi) is 10.3. The molecule has 0 bridgehead atoms. The molecule has 6 nitrogen and oxygen atoms in total. The van der Waals surface area contributed by atoms with Gasteiger partial charge in [0.05, 0.1) is 5.56 Å². The molecule has 0 fully saturated rings. The zero-order chi connectivity index (χ0) is 25.8. The molecule has 0 radical (unpaired) electrons. The molecule has 0 saturated heterocycles. The fourth-order valence-corrected chi connectivity index (χ4v) is 3.01. The largest absolute Gasteiger partial charge is 0.486 e. The molecule has 3 aromatic rings. The summed E-state index contributed by atoms with van der Waals surface area (Å²) in [5.74, 6) is -1.15. The highest BCUT2D eigenvalue weighted by Crippen LogP contribution is 2.31. The summed E-state index contributed by atoms with van der Waals surface area (Å²) in [6, 6.07) is 20.4. The summed E-state index contributed by atoms with van der Waals surface area (Å²) in [6.45, 7) is 1.97. The van der Waals surface area contributed by atoms with E-state index < -0.39 is 23.7 Å². The number of nitrogens with one attached hydrogen (secondary N) is 1. The first kappa shape index (κ1) is 27.4. The number of hydrogen-bond acceptors (Lipinski definition) is 5. The van der Waals surface area contributed by atoms with Crippen molar-refractivity contribution in [3.05, 3.63) is 95.6 Å². The molecule has 35 heavy (non-hydrogen) atoms. The van der Waals surface area contributed by atoms with Crippen LogP contribution in [0.2, 0.25) is 0 Å². The molecule has 2 N–H and O–H groups in total. The molecule has 0 aliphatic rings. The van der Waals surface area contributed by atoms with Gasteiger partial charge in [-0.05, 0) is 55.6 Å². The predicted molar refractivity (Wildman–Crippen MR) is 125 cm³/mol. The quantitative estimate of drug-likeness (QED) is 0.310. The lowest BCUT2D eigenvalue weighted by molar-refractivity contribution is -0.137. The zero-order valence-corrected chi connectivity index (χ0v) is 19.2. The molecule has 0 saturated carbocycles. The lowest BCUT2D eigenvalue weighted by atomic mass is 10.1. The van der Waals surface area contributed by atoms with Crippen molar-refractivity contribution in [1.82, 2.24) is 5.32 Å². The Balaban J connectivity index is 0.000000283. The second-order valence-corrected chi connectivity index (χ2v) is 7.33. The second-order valence-electron chi connectivity index (χ2n) is 7.33. The lowest BCUT2D eigenvalue weighted by Gasteiger charge is -2.20. The van der Waals surface area contributed by atoms with Gasteiger partial charge in [0, 0.05) is 13.3 Å². The van der Waals surface area contributed by atoms with Crippen LogP contribution in [-0.4, -0.2) is 30.6 Å². The maximum Gasteiger partial charge on any atom is 0.416 e. The van der Waals surface area contributed by atoms with Crippen LogP contribution in [0, 0.1) is 0 Å². The summed E-state index contributed by atoms with van der Waals surface area (Å²) in [7, 11) is 1.85. The van der Waals surface area contributed by atoms with Crippen LogP contribution in [0.5, 0.6) is 11.5 Å². The standard InChI is InChI=1S/C17H18F3NO.C9H8O4/c1-21-12-11-16(13-5-3-2-4-6-13)22-15-9-7-14(8-10-15)17(18,19)20;1-6(10)13-8-5-3-2-4-7(8)9(11)12/h2-10,16,21H,11-12H2,1H3;2-5H,1H3,(H,11,12). The summed E-state index contributed by atoms with van der Waals surface area (Å²) in [6.07, 6.45) is -3.81. The lowest BCUT2D eigenvalue weighted by Crippen LogP contribution is -2.16. The molecule has 0 spiro atoms. The average molecular weight is 489 g/mol. The second kappa shape index (κ2) is 13.1. The van der Waals surface area contributed by atoms with Crippen LogP contribution in [0.15, 0.2) is 78.9 Å². The first-order valence-electron chi connectivity index (χ1n) is 10.7. The molecular formula is C26H26F3NO5. The van der Waals surface area contributed by atoms with Crippen LogP contribution in [0.3, 0.4) is 0 Å². The molecule has 0 aliphatic carbocycles. The number of carboxylic acids is 1. The summed E-state index contributed by atoms with van der Waals surface area (Å²) >= 11 is 0. The first-order chi connectivity index (χ1) is 16.6. The third-order valence-corrected chi connectivity index (χ3v) is 4.66. The van der Waals surface area contributed by atoms with E-state index >= 15 is 0 Å². The molecule has 3 aromatic carbocycles. The molecule has 1 atom stereocenters. The van der Waals surface area contributed by atoms with Gasteiger partial charge in [-0.15, -0.1) is 0 Å². The molecule has 0 amide bonds. The van der Waals surface area contributed by atoms with Crippen LogP contribution in [0.25, 0.3) is 0 Å². The molecule has 0 aliphatic heterocycles. The number of carbonyl (C=O) groups excluding carboxylic acids is 1. The Labute approximate surface area is 201 Å². The zero-order valence-electron chi connectivity index (χ0n) is 19.2. The summed E-state index contributed by atoms with van der Waals surface area (Å²) in [5.41, 5.74) is 0.307. The van der Waals surface area contributed by atoms with Gasteiger partial charge >= 0.3 is 18.1 Å². The van der Waals surface area contributed by atoms with Gasteiger partial charge in [0.1, 0.15) is 23.2 Å². The number of para-hydroxylation sites is 1. The molecular weight excluding hydrogens is 463 g/mol. The highest BCUT2D eigenvalue weighted by atomic mass is 19.4.